The van der Waals surface area contributed by atoms with Crippen molar-refractivity contribution in [2.45, 2.75) is 50.2 Å². The molecule has 5 nitrogen and oxygen atoms in total. The van der Waals surface area contributed by atoms with Gasteiger partial charge in [-0.2, -0.15) is 0 Å². The quantitative estimate of drug-likeness (QED) is 0.727. The van der Waals surface area contributed by atoms with Crippen molar-refractivity contribution in [3.05, 3.63) is 59.7 Å². The van der Waals surface area contributed by atoms with Crippen LogP contribution in [-0.2, 0) is 16.0 Å². The molecule has 3 heterocycles. The molecule has 2 atom stereocenters. The van der Waals surface area contributed by atoms with Gasteiger partial charge in [0.15, 0.2) is 11.5 Å². The van der Waals surface area contributed by atoms with Crippen molar-refractivity contribution >= 4 is 5.91 Å². The van der Waals surface area contributed by atoms with Gasteiger partial charge in [-0.25, -0.2) is 0 Å². The Balaban J connectivity index is 1.31. The van der Waals surface area contributed by atoms with Gasteiger partial charge in [0.05, 0.1) is 13.2 Å². The topological polar surface area (TPSA) is 48.0 Å². The van der Waals surface area contributed by atoms with E-state index in [-0.39, 0.29) is 17.6 Å². The summed E-state index contributed by atoms with van der Waals surface area (Å²) in [5.41, 5.74) is 2.03. The van der Waals surface area contributed by atoms with Gasteiger partial charge in [-0.05, 0) is 30.9 Å². The number of benzene rings is 2. The summed E-state index contributed by atoms with van der Waals surface area (Å²) in [6.45, 7) is 2.26. The molecule has 2 fully saturated rings. The lowest BCUT2D eigenvalue weighted by Crippen LogP contribution is -2.57. The van der Waals surface area contributed by atoms with Crippen LogP contribution in [0.3, 0.4) is 0 Å². The molecule has 2 aromatic rings. The summed E-state index contributed by atoms with van der Waals surface area (Å²) in [5.74, 6) is 2.16. The molecular formula is C26H31NO4. The van der Waals surface area contributed by atoms with Gasteiger partial charge in [0.1, 0.15) is 5.60 Å². The second-order valence-corrected chi connectivity index (χ2v) is 8.95. The molecular weight excluding hydrogens is 390 g/mol. The zero-order valence-corrected chi connectivity index (χ0v) is 18.2. The smallest absolute Gasteiger partial charge is 0.222 e. The second kappa shape index (κ2) is 8.54. The maximum Gasteiger partial charge on any atom is 0.222 e. The predicted molar refractivity (Wildman–Crippen MR) is 118 cm³/mol. The zero-order valence-electron chi connectivity index (χ0n) is 18.2. The van der Waals surface area contributed by atoms with Crippen molar-refractivity contribution in [3.63, 3.8) is 0 Å². The van der Waals surface area contributed by atoms with Gasteiger partial charge >= 0.3 is 0 Å². The summed E-state index contributed by atoms with van der Waals surface area (Å²) in [4.78, 5) is 14.9. The molecule has 3 aliphatic rings. The molecule has 1 amide bonds. The van der Waals surface area contributed by atoms with E-state index in [1.54, 1.807) is 7.11 Å². The van der Waals surface area contributed by atoms with Crippen LogP contribution >= 0.6 is 0 Å². The molecule has 0 unspecified atom stereocenters. The molecule has 2 saturated heterocycles. The number of rotatable bonds is 4. The highest BCUT2D eigenvalue weighted by Crippen LogP contribution is 2.55. The zero-order chi connectivity index (χ0) is 21.3. The Morgan fingerprint density at radius 3 is 2.71 bits per heavy atom. The number of hydrogen-bond donors (Lipinski definition) is 0. The third-order valence-corrected chi connectivity index (χ3v) is 7.27. The number of carbonyl (C=O) groups excluding carboxylic acids is 1. The van der Waals surface area contributed by atoms with Crippen LogP contribution in [0.5, 0.6) is 11.5 Å². The summed E-state index contributed by atoms with van der Waals surface area (Å²) in [7, 11) is 1.69. The first-order chi connectivity index (χ1) is 15.2. The number of amides is 1. The fourth-order valence-electron chi connectivity index (χ4n) is 5.59. The van der Waals surface area contributed by atoms with Crippen LogP contribution in [0.4, 0.5) is 0 Å². The van der Waals surface area contributed by atoms with E-state index >= 15 is 0 Å². The summed E-state index contributed by atoms with van der Waals surface area (Å²) in [6.07, 6.45) is 5.24. The number of hydrogen-bond acceptors (Lipinski definition) is 4. The van der Waals surface area contributed by atoms with Gasteiger partial charge in [0, 0.05) is 50.4 Å². The number of aryl methyl sites for hydroxylation is 1. The van der Waals surface area contributed by atoms with E-state index in [0.29, 0.717) is 12.3 Å². The molecule has 164 valence electrons. The lowest BCUT2D eigenvalue weighted by atomic mass is 9.70. The number of para-hydroxylation sites is 1. The van der Waals surface area contributed by atoms with E-state index in [1.807, 2.05) is 35.2 Å². The minimum atomic E-state index is -0.289. The standard InChI is InChI=1S/C26H31NO4/c1-29-22-11-5-9-20-24-21(10-6-18-30-24)26(31-25(20)22)14-16-27(17-15-26)23(28)13-12-19-7-3-2-4-8-19/h2-5,7-9,11,21,24H,6,10,12-18H2,1H3/t21-,24+/m0/s1. The third-order valence-electron chi connectivity index (χ3n) is 7.27. The fourth-order valence-corrected chi connectivity index (χ4v) is 5.59. The van der Waals surface area contributed by atoms with Crippen LogP contribution in [0.15, 0.2) is 48.5 Å². The Morgan fingerprint density at radius 2 is 1.94 bits per heavy atom. The number of piperidine rings is 1. The van der Waals surface area contributed by atoms with Crippen LogP contribution < -0.4 is 9.47 Å². The lowest BCUT2D eigenvalue weighted by Gasteiger charge is -2.53. The van der Waals surface area contributed by atoms with Gasteiger partial charge < -0.3 is 19.1 Å². The van der Waals surface area contributed by atoms with Gasteiger partial charge in [0.25, 0.3) is 0 Å². The molecule has 1 spiro atoms. The minimum absolute atomic E-state index is 0.0490. The summed E-state index contributed by atoms with van der Waals surface area (Å²) < 4.78 is 18.7. The van der Waals surface area contributed by atoms with E-state index in [4.69, 9.17) is 14.2 Å². The number of fused-ring (bicyclic) bond motifs is 4. The van der Waals surface area contributed by atoms with Gasteiger partial charge in [-0.3, -0.25) is 4.79 Å². The number of carbonyl (C=O) groups is 1. The Morgan fingerprint density at radius 1 is 1.13 bits per heavy atom. The van der Waals surface area contributed by atoms with Crippen molar-refractivity contribution in [1.82, 2.24) is 4.90 Å². The monoisotopic (exact) mass is 421 g/mol. The van der Waals surface area contributed by atoms with Crippen molar-refractivity contribution in [2.24, 2.45) is 5.92 Å². The fraction of sp³-hybridized carbons (Fsp3) is 0.500. The van der Waals surface area contributed by atoms with Crippen molar-refractivity contribution in [3.8, 4) is 11.5 Å². The molecule has 0 radical (unpaired) electrons. The Bertz CT molecular complexity index is 920. The van der Waals surface area contributed by atoms with Gasteiger partial charge in [0.2, 0.25) is 5.91 Å². The maximum absolute atomic E-state index is 12.9. The maximum atomic E-state index is 12.9. The van der Waals surface area contributed by atoms with E-state index in [2.05, 4.69) is 18.2 Å². The molecule has 5 rings (SSSR count). The Kier molecular flexibility index (Phi) is 5.61. The first-order valence-electron chi connectivity index (χ1n) is 11.5. The predicted octanol–water partition coefficient (Wildman–Crippen LogP) is 4.55. The highest BCUT2D eigenvalue weighted by molar-refractivity contribution is 5.76. The SMILES string of the molecule is COc1cccc2c1OC1(CCN(C(=O)CCc3ccccc3)CC1)[C@H]1CCCO[C@H]21. The molecule has 0 aliphatic carbocycles. The average molecular weight is 422 g/mol. The van der Waals surface area contributed by atoms with E-state index in [0.717, 1.165) is 68.9 Å². The Hall–Kier alpha value is -2.53. The first-order valence-corrected chi connectivity index (χ1v) is 11.5. The van der Waals surface area contributed by atoms with Crippen molar-refractivity contribution in [2.75, 3.05) is 26.8 Å². The lowest BCUT2D eigenvalue weighted by molar-refractivity contribution is -0.157. The normalized spacial score (nSPS) is 24.1. The van der Waals surface area contributed by atoms with Crippen molar-refractivity contribution in [1.29, 1.82) is 0 Å². The van der Waals surface area contributed by atoms with Crippen LogP contribution in [0.25, 0.3) is 0 Å². The van der Waals surface area contributed by atoms with Crippen molar-refractivity contribution < 1.29 is 19.0 Å². The molecule has 0 N–H and O–H groups in total. The first kappa shape index (κ1) is 20.4. The molecule has 0 bridgehead atoms. The summed E-state index contributed by atoms with van der Waals surface area (Å²) >= 11 is 0. The average Bonchev–Trinajstić information content (AvgIpc) is 2.83. The van der Waals surface area contributed by atoms with Crippen LogP contribution in [0.1, 0.15) is 49.3 Å². The highest BCUT2D eigenvalue weighted by atomic mass is 16.5. The number of methoxy groups -OCH3 is 1. The van der Waals surface area contributed by atoms with E-state index < -0.39 is 0 Å². The van der Waals surface area contributed by atoms with E-state index in [1.165, 1.54) is 5.56 Å². The van der Waals surface area contributed by atoms with Gasteiger partial charge in [-0.1, -0.05) is 42.5 Å². The van der Waals surface area contributed by atoms with Gasteiger partial charge in [-0.15, -0.1) is 0 Å². The number of nitrogens with zero attached hydrogens (tertiary/aromatic N) is 1. The third kappa shape index (κ3) is 3.80. The van der Waals surface area contributed by atoms with Crippen LogP contribution in [-0.4, -0.2) is 43.2 Å². The molecule has 5 heteroatoms. The van der Waals surface area contributed by atoms with E-state index in [9.17, 15) is 4.79 Å². The molecule has 3 aliphatic heterocycles. The molecule has 0 aromatic heterocycles. The highest BCUT2D eigenvalue weighted by Gasteiger charge is 2.53. The number of ether oxygens (including phenoxy) is 3. The van der Waals surface area contributed by atoms with Crippen LogP contribution in [0, 0.1) is 5.92 Å². The summed E-state index contributed by atoms with van der Waals surface area (Å²) in [5, 5.41) is 0. The molecule has 2 aromatic carbocycles. The number of likely N-dealkylation sites (tertiary alicyclic amines) is 1. The summed E-state index contributed by atoms with van der Waals surface area (Å²) in [6, 6.07) is 16.3. The largest absolute Gasteiger partial charge is 0.493 e. The van der Waals surface area contributed by atoms with Crippen LogP contribution in [0.2, 0.25) is 0 Å². The molecule has 0 saturated carbocycles. The Labute approximate surface area is 184 Å². The molecule has 31 heavy (non-hydrogen) atoms. The second-order valence-electron chi connectivity index (χ2n) is 8.95. The minimum Gasteiger partial charge on any atom is -0.493 e.